The Bertz CT molecular complexity index is 643. The van der Waals surface area contributed by atoms with E-state index in [1.165, 1.54) is 76.2 Å². The van der Waals surface area contributed by atoms with Gasteiger partial charge in [-0.3, -0.25) is 4.79 Å². The minimum Gasteiger partial charge on any atom is -0.295 e. The number of carbonyl (C=O) groups is 1. The molecule has 0 heterocycles. The summed E-state index contributed by atoms with van der Waals surface area (Å²) in [6.07, 6.45) is 15.5. The lowest BCUT2D eigenvalue weighted by Crippen LogP contribution is -2.47. The van der Waals surface area contributed by atoms with Gasteiger partial charge in [-0.25, -0.2) is 0 Å². The van der Waals surface area contributed by atoms with Crippen molar-refractivity contribution in [3.8, 4) is 0 Å². The number of hydrogen-bond acceptors (Lipinski definition) is 1. The van der Waals surface area contributed by atoms with Crippen molar-refractivity contribution in [2.45, 2.75) is 112 Å². The van der Waals surface area contributed by atoms with E-state index in [0.717, 1.165) is 30.1 Å². The first kappa shape index (κ1) is 20.7. The second-order valence-electron chi connectivity index (χ2n) is 11.9. The standard InChI is InChI=1S/C27H44O/c1-18(2)9-8-10-19(3)22-14-15-23-21-13-12-20-11-6-7-16-26(20,4)25(21)24(28)17-27(22,23)5/h18-20,22-23H,6-17H2,1-5H3/t19-,20-,22-,23-,26+,27-/m1/s1. The van der Waals surface area contributed by atoms with Crippen LogP contribution in [0.1, 0.15) is 112 Å². The molecular formula is C27H44O. The lowest BCUT2D eigenvalue weighted by atomic mass is 9.50. The summed E-state index contributed by atoms with van der Waals surface area (Å²) in [6.45, 7) is 12.1. The average Bonchev–Trinajstić information content (AvgIpc) is 2.97. The van der Waals surface area contributed by atoms with Crippen molar-refractivity contribution < 1.29 is 4.79 Å². The van der Waals surface area contributed by atoms with Crippen molar-refractivity contribution in [3.63, 3.8) is 0 Å². The summed E-state index contributed by atoms with van der Waals surface area (Å²) >= 11 is 0. The van der Waals surface area contributed by atoms with Gasteiger partial charge in [0.25, 0.3) is 0 Å². The van der Waals surface area contributed by atoms with Gasteiger partial charge < -0.3 is 0 Å². The van der Waals surface area contributed by atoms with Gasteiger partial charge in [-0.05, 0) is 78.9 Å². The third kappa shape index (κ3) is 3.24. The van der Waals surface area contributed by atoms with Crippen LogP contribution in [0.2, 0.25) is 0 Å². The van der Waals surface area contributed by atoms with Crippen LogP contribution >= 0.6 is 0 Å². The lowest BCUT2D eigenvalue weighted by Gasteiger charge is -2.53. The maximum atomic E-state index is 13.7. The number of carbonyl (C=O) groups excluding carboxylic acids is 1. The second-order valence-corrected chi connectivity index (χ2v) is 11.9. The molecule has 0 spiro atoms. The molecule has 0 aromatic rings. The molecule has 0 N–H and O–H groups in total. The fourth-order valence-corrected chi connectivity index (χ4v) is 8.37. The molecule has 0 aliphatic heterocycles. The summed E-state index contributed by atoms with van der Waals surface area (Å²) in [6, 6.07) is 0. The second kappa shape index (κ2) is 7.59. The number of fused-ring (bicyclic) bond motifs is 4. The molecule has 2 fully saturated rings. The highest BCUT2D eigenvalue weighted by atomic mass is 16.1. The van der Waals surface area contributed by atoms with Gasteiger partial charge >= 0.3 is 0 Å². The van der Waals surface area contributed by atoms with Gasteiger partial charge in [0.2, 0.25) is 0 Å². The normalized spacial score (nSPS) is 41.6. The van der Waals surface area contributed by atoms with Crippen molar-refractivity contribution in [2.75, 3.05) is 0 Å². The third-order valence-electron chi connectivity index (χ3n) is 9.83. The molecular weight excluding hydrogens is 340 g/mol. The molecule has 0 radical (unpaired) electrons. The van der Waals surface area contributed by atoms with Crippen LogP contribution in [0.25, 0.3) is 0 Å². The van der Waals surface area contributed by atoms with E-state index in [2.05, 4.69) is 34.6 Å². The van der Waals surface area contributed by atoms with Crippen LogP contribution in [0.15, 0.2) is 11.1 Å². The largest absolute Gasteiger partial charge is 0.295 e. The van der Waals surface area contributed by atoms with Gasteiger partial charge in [0, 0.05) is 12.0 Å². The fourth-order valence-electron chi connectivity index (χ4n) is 8.37. The third-order valence-corrected chi connectivity index (χ3v) is 9.83. The molecule has 4 aliphatic carbocycles. The van der Waals surface area contributed by atoms with Crippen LogP contribution in [0.5, 0.6) is 0 Å². The molecule has 4 rings (SSSR count). The van der Waals surface area contributed by atoms with Gasteiger partial charge in [-0.15, -0.1) is 0 Å². The summed E-state index contributed by atoms with van der Waals surface area (Å²) in [5.74, 6) is 4.38. The van der Waals surface area contributed by atoms with Crippen LogP contribution in [0.3, 0.4) is 0 Å². The molecule has 4 aliphatic rings. The SMILES string of the molecule is CC(C)CCC[C@@H](C)[C@H]1CC[C@@H]2C3=C(C(=O)C[C@@]21C)[C@@]1(C)CCCC[C@@H]1CC3. The maximum Gasteiger partial charge on any atom is 0.159 e. The van der Waals surface area contributed by atoms with E-state index in [1.54, 1.807) is 5.57 Å². The van der Waals surface area contributed by atoms with Crippen molar-refractivity contribution in [2.24, 2.45) is 40.4 Å². The van der Waals surface area contributed by atoms with E-state index in [1.807, 2.05) is 0 Å². The Morgan fingerprint density at radius 3 is 2.54 bits per heavy atom. The van der Waals surface area contributed by atoms with Crippen molar-refractivity contribution in [1.82, 2.24) is 0 Å². The zero-order chi connectivity index (χ0) is 20.1. The Labute approximate surface area is 174 Å². The number of allylic oxidation sites excluding steroid dienone is 2. The van der Waals surface area contributed by atoms with Gasteiger partial charge in [-0.1, -0.05) is 72.3 Å². The Kier molecular flexibility index (Phi) is 5.60. The van der Waals surface area contributed by atoms with Crippen LogP contribution < -0.4 is 0 Å². The van der Waals surface area contributed by atoms with E-state index in [0.29, 0.717) is 11.7 Å². The summed E-state index contributed by atoms with van der Waals surface area (Å²) in [7, 11) is 0. The molecule has 158 valence electrons. The van der Waals surface area contributed by atoms with Crippen molar-refractivity contribution in [1.29, 1.82) is 0 Å². The van der Waals surface area contributed by atoms with E-state index in [9.17, 15) is 4.79 Å². The predicted molar refractivity (Wildman–Crippen MR) is 118 cm³/mol. The van der Waals surface area contributed by atoms with Crippen LogP contribution in [-0.2, 0) is 4.79 Å². The zero-order valence-electron chi connectivity index (χ0n) is 19.3. The highest BCUT2D eigenvalue weighted by Gasteiger charge is 2.57. The van der Waals surface area contributed by atoms with E-state index < -0.39 is 0 Å². The fraction of sp³-hybridized carbons (Fsp3) is 0.889. The van der Waals surface area contributed by atoms with Gasteiger partial charge in [-0.2, -0.15) is 0 Å². The first-order valence-corrected chi connectivity index (χ1v) is 12.5. The highest BCUT2D eigenvalue weighted by molar-refractivity contribution is 5.99. The molecule has 0 amide bonds. The molecule has 6 atom stereocenters. The molecule has 0 aromatic carbocycles. The topological polar surface area (TPSA) is 17.1 Å². The molecule has 28 heavy (non-hydrogen) atoms. The van der Waals surface area contributed by atoms with Gasteiger partial charge in [0.1, 0.15) is 0 Å². The Hall–Kier alpha value is -0.590. The average molecular weight is 385 g/mol. The minimum absolute atomic E-state index is 0.214. The number of Topliss-reactive ketones (excluding diaryl/α,β-unsaturated/α-hetero) is 1. The van der Waals surface area contributed by atoms with Crippen LogP contribution in [0, 0.1) is 40.4 Å². The number of rotatable bonds is 5. The van der Waals surface area contributed by atoms with Crippen LogP contribution in [0.4, 0.5) is 0 Å². The first-order valence-electron chi connectivity index (χ1n) is 12.5. The molecule has 2 saturated carbocycles. The number of hydrogen-bond donors (Lipinski definition) is 0. The number of ketones is 1. The highest BCUT2D eigenvalue weighted by Crippen LogP contribution is 2.65. The lowest BCUT2D eigenvalue weighted by molar-refractivity contribution is -0.122. The molecule has 0 bridgehead atoms. The molecule has 1 nitrogen and oxygen atoms in total. The molecule has 0 unspecified atom stereocenters. The minimum atomic E-state index is 0.214. The quantitative estimate of drug-likeness (QED) is 0.473. The summed E-state index contributed by atoms with van der Waals surface area (Å²) in [5.41, 5.74) is 3.46. The predicted octanol–water partition coefficient (Wildman–Crippen LogP) is 7.74. The molecule has 0 saturated heterocycles. The van der Waals surface area contributed by atoms with E-state index >= 15 is 0 Å². The van der Waals surface area contributed by atoms with E-state index in [-0.39, 0.29) is 10.8 Å². The Morgan fingerprint density at radius 1 is 1.00 bits per heavy atom. The summed E-state index contributed by atoms with van der Waals surface area (Å²) in [5, 5.41) is 0. The summed E-state index contributed by atoms with van der Waals surface area (Å²) in [4.78, 5) is 13.7. The molecule has 1 heteroatoms. The maximum absolute atomic E-state index is 13.7. The Morgan fingerprint density at radius 2 is 1.79 bits per heavy atom. The van der Waals surface area contributed by atoms with Gasteiger partial charge in [0.05, 0.1) is 0 Å². The van der Waals surface area contributed by atoms with Gasteiger partial charge in [0.15, 0.2) is 5.78 Å². The van der Waals surface area contributed by atoms with Crippen molar-refractivity contribution in [3.05, 3.63) is 11.1 Å². The molecule has 0 aromatic heterocycles. The van der Waals surface area contributed by atoms with Crippen molar-refractivity contribution >= 4 is 5.78 Å². The monoisotopic (exact) mass is 384 g/mol. The smallest absolute Gasteiger partial charge is 0.159 e. The Balaban J connectivity index is 1.59. The summed E-state index contributed by atoms with van der Waals surface area (Å²) < 4.78 is 0. The van der Waals surface area contributed by atoms with Crippen LogP contribution in [-0.4, -0.2) is 5.78 Å². The van der Waals surface area contributed by atoms with E-state index in [4.69, 9.17) is 0 Å². The first-order chi connectivity index (χ1) is 13.3. The zero-order valence-corrected chi connectivity index (χ0v) is 19.3.